The monoisotopic (exact) mass is 340 g/mol. The molecule has 2 rings (SSSR count). The van der Waals surface area contributed by atoms with Crippen molar-refractivity contribution in [3.8, 4) is 0 Å². The van der Waals surface area contributed by atoms with Gasteiger partial charge in [0.05, 0.1) is 6.04 Å². The summed E-state index contributed by atoms with van der Waals surface area (Å²) < 4.78 is 0. The number of hydrogen-bond acceptors (Lipinski definition) is 2. The lowest BCUT2D eigenvalue weighted by atomic mass is 9.73. The van der Waals surface area contributed by atoms with Gasteiger partial charge in [-0.1, -0.05) is 19.3 Å². The highest BCUT2D eigenvalue weighted by Crippen LogP contribution is 2.35. The second-order valence-electron chi connectivity index (χ2n) is 6.74. The van der Waals surface area contributed by atoms with Crippen LogP contribution >= 0.6 is 40.5 Å². The molecule has 0 bridgehead atoms. The Morgan fingerprint density at radius 1 is 1.05 bits per heavy atom. The summed E-state index contributed by atoms with van der Waals surface area (Å²) in [5.74, 6) is 1.78. The zero-order chi connectivity index (χ0) is 12.5. The van der Waals surface area contributed by atoms with E-state index >= 15 is 0 Å². The van der Waals surface area contributed by atoms with Gasteiger partial charge < -0.3 is 10.6 Å². The predicted octanol–water partition coefficient (Wildman–Crippen LogP) is 2.41. The van der Waals surface area contributed by atoms with Gasteiger partial charge in [0.25, 0.3) is 0 Å². The minimum absolute atomic E-state index is 0. The van der Waals surface area contributed by atoms with E-state index in [2.05, 4.69) is 10.6 Å². The number of amides is 1. The Morgan fingerprint density at radius 2 is 1.60 bits per heavy atom. The molecule has 1 aliphatic carbocycles. The van der Waals surface area contributed by atoms with Crippen molar-refractivity contribution >= 4 is 46.4 Å². The van der Waals surface area contributed by atoms with Crippen molar-refractivity contribution in [2.45, 2.75) is 64.5 Å². The van der Waals surface area contributed by atoms with Crippen LogP contribution in [0.2, 0.25) is 0 Å². The van der Waals surface area contributed by atoms with Crippen LogP contribution in [-0.2, 0) is 4.79 Å². The lowest BCUT2D eigenvalue weighted by Crippen LogP contribution is -2.55. The van der Waals surface area contributed by atoms with Crippen molar-refractivity contribution < 1.29 is 4.79 Å². The zero-order valence-electron chi connectivity index (χ0n) is 12.9. The van der Waals surface area contributed by atoms with Crippen LogP contribution in [0.25, 0.3) is 0 Å². The van der Waals surface area contributed by atoms with Crippen LogP contribution in [0.3, 0.4) is 0 Å². The van der Waals surface area contributed by atoms with Crippen LogP contribution in [0.5, 0.6) is 0 Å². The van der Waals surface area contributed by atoms with Crippen LogP contribution in [0.4, 0.5) is 0 Å². The fraction of sp³-hybridized carbons (Fsp3) is 0.929. The van der Waals surface area contributed by atoms with Gasteiger partial charge in [-0.2, -0.15) is 40.5 Å². The molecule has 1 aliphatic heterocycles. The van der Waals surface area contributed by atoms with Gasteiger partial charge in [-0.3, -0.25) is 4.79 Å². The average molecular weight is 341 g/mol. The van der Waals surface area contributed by atoms with E-state index in [4.69, 9.17) is 0 Å². The van der Waals surface area contributed by atoms with E-state index in [0.717, 1.165) is 24.8 Å². The Labute approximate surface area is 144 Å². The molecule has 2 aliphatic rings. The zero-order valence-corrected chi connectivity index (χ0v) is 15.9. The predicted molar refractivity (Wildman–Crippen MR) is 101 cm³/mol. The largest absolute Gasteiger partial charge is 0.350 e. The Morgan fingerprint density at radius 3 is 2.15 bits per heavy atom. The van der Waals surface area contributed by atoms with Crippen molar-refractivity contribution in [3.05, 3.63) is 0 Å². The molecule has 0 aromatic heterocycles. The molecule has 1 amide bonds. The number of carbonyl (C=O) groups excluding carboxylic acids is 1. The molecule has 20 heavy (non-hydrogen) atoms. The first-order valence-electron chi connectivity index (χ1n) is 7.01. The molecule has 1 heterocycles. The highest BCUT2D eigenvalue weighted by atomic mass is 32.1. The first kappa shape index (κ1) is 22.8. The standard InChI is InChI=1S/C14H26N2O.3H2S/c1-14(2,3)16-13(17)12-8-10-6-4-5-7-11(10)9-15-12;;;/h10-12,15H,4-9H2,1-3H3,(H,16,17);3*1H2. The second kappa shape index (κ2) is 9.49. The quantitative estimate of drug-likeness (QED) is 0.770. The minimum Gasteiger partial charge on any atom is -0.350 e. The highest BCUT2D eigenvalue weighted by Gasteiger charge is 2.35. The van der Waals surface area contributed by atoms with Crippen molar-refractivity contribution in [2.75, 3.05) is 6.54 Å². The van der Waals surface area contributed by atoms with E-state index in [1.807, 2.05) is 20.8 Å². The Hall–Kier alpha value is 0.480. The maximum absolute atomic E-state index is 12.1. The Bertz CT molecular complexity index is 295. The van der Waals surface area contributed by atoms with Crippen molar-refractivity contribution in [2.24, 2.45) is 11.8 Å². The average Bonchev–Trinajstić information content (AvgIpc) is 2.26. The van der Waals surface area contributed by atoms with Gasteiger partial charge in [0.1, 0.15) is 0 Å². The maximum atomic E-state index is 12.1. The molecule has 3 nitrogen and oxygen atoms in total. The third-order valence-electron chi connectivity index (χ3n) is 4.05. The SMILES string of the molecule is CC(C)(C)NC(=O)C1CC2CCCCC2CN1.S.S.S. The molecular weight excluding hydrogens is 308 g/mol. The van der Waals surface area contributed by atoms with E-state index in [1.165, 1.54) is 25.7 Å². The van der Waals surface area contributed by atoms with Gasteiger partial charge in [0, 0.05) is 5.54 Å². The smallest absolute Gasteiger partial charge is 0.237 e. The van der Waals surface area contributed by atoms with E-state index < -0.39 is 0 Å². The van der Waals surface area contributed by atoms with E-state index in [1.54, 1.807) is 0 Å². The van der Waals surface area contributed by atoms with Crippen LogP contribution in [0.1, 0.15) is 52.9 Å². The molecule has 1 saturated heterocycles. The molecule has 0 aromatic rings. The van der Waals surface area contributed by atoms with Crippen LogP contribution in [0, 0.1) is 11.8 Å². The number of fused-ring (bicyclic) bond motifs is 1. The molecular formula is C14H32N2OS3. The summed E-state index contributed by atoms with van der Waals surface area (Å²) in [5.41, 5.74) is -0.123. The topological polar surface area (TPSA) is 41.1 Å². The van der Waals surface area contributed by atoms with Gasteiger partial charge >= 0.3 is 0 Å². The maximum Gasteiger partial charge on any atom is 0.237 e. The fourth-order valence-electron chi connectivity index (χ4n) is 3.20. The number of hydrogen-bond donors (Lipinski definition) is 2. The van der Waals surface area contributed by atoms with Crippen LogP contribution < -0.4 is 10.6 Å². The normalized spacial score (nSPS) is 28.9. The summed E-state index contributed by atoms with van der Waals surface area (Å²) in [4.78, 5) is 12.1. The molecule has 2 N–H and O–H groups in total. The minimum atomic E-state index is -0.123. The number of piperidine rings is 1. The van der Waals surface area contributed by atoms with Gasteiger partial charge in [0.15, 0.2) is 0 Å². The van der Waals surface area contributed by atoms with Gasteiger partial charge in [-0.15, -0.1) is 0 Å². The molecule has 2 fully saturated rings. The number of carbonyl (C=O) groups is 1. The molecule has 3 unspecified atom stereocenters. The van der Waals surface area contributed by atoms with Crippen molar-refractivity contribution in [1.29, 1.82) is 0 Å². The highest BCUT2D eigenvalue weighted by molar-refractivity contribution is 7.59. The summed E-state index contributed by atoms with van der Waals surface area (Å²) in [5, 5.41) is 6.51. The molecule has 122 valence electrons. The van der Waals surface area contributed by atoms with Crippen molar-refractivity contribution in [3.63, 3.8) is 0 Å². The Kier molecular flexibility index (Phi) is 10.8. The van der Waals surface area contributed by atoms with E-state index in [0.29, 0.717) is 0 Å². The summed E-state index contributed by atoms with van der Waals surface area (Å²) in [6.07, 6.45) is 6.44. The number of nitrogens with one attached hydrogen (secondary N) is 2. The van der Waals surface area contributed by atoms with Gasteiger partial charge in [-0.25, -0.2) is 0 Å². The summed E-state index contributed by atoms with van der Waals surface area (Å²) in [6, 6.07) is 0.0357. The van der Waals surface area contributed by atoms with Gasteiger partial charge in [0.2, 0.25) is 5.91 Å². The molecule has 1 saturated carbocycles. The Balaban J connectivity index is 0. The lowest BCUT2D eigenvalue weighted by Gasteiger charge is -2.40. The van der Waals surface area contributed by atoms with E-state index in [9.17, 15) is 4.79 Å². The molecule has 0 spiro atoms. The summed E-state index contributed by atoms with van der Waals surface area (Å²) in [7, 11) is 0. The second-order valence-corrected chi connectivity index (χ2v) is 6.74. The van der Waals surface area contributed by atoms with Crippen LogP contribution in [-0.4, -0.2) is 24.0 Å². The van der Waals surface area contributed by atoms with Crippen molar-refractivity contribution in [1.82, 2.24) is 10.6 Å². The third-order valence-corrected chi connectivity index (χ3v) is 4.05. The third kappa shape index (κ3) is 6.50. The number of rotatable bonds is 1. The van der Waals surface area contributed by atoms with E-state index in [-0.39, 0.29) is 58.0 Å². The molecule has 0 aromatic carbocycles. The summed E-state index contributed by atoms with van der Waals surface area (Å²) in [6.45, 7) is 7.15. The first-order valence-corrected chi connectivity index (χ1v) is 7.01. The summed E-state index contributed by atoms with van der Waals surface area (Å²) >= 11 is 0. The van der Waals surface area contributed by atoms with Crippen LogP contribution in [0.15, 0.2) is 0 Å². The fourth-order valence-corrected chi connectivity index (χ4v) is 3.20. The van der Waals surface area contributed by atoms with Gasteiger partial charge in [-0.05, 0) is 52.0 Å². The first-order chi connectivity index (χ1) is 7.96. The molecule has 3 atom stereocenters. The lowest BCUT2D eigenvalue weighted by molar-refractivity contribution is -0.126. The molecule has 0 radical (unpaired) electrons. The molecule has 6 heteroatoms.